The molecule has 20 heavy (non-hydrogen) atoms. The van der Waals surface area contributed by atoms with Crippen molar-refractivity contribution in [2.75, 3.05) is 14.1 Å². The largest absolute Gasteiger partial charge is 0.508 e. The summed E-state index contributed by atoms with van der Waals surface area (Å²) in [5.74, 6) is -1.92. The predicted molar refractivity (Wildman–Crippen MR) is 66.4 cm³/mol. The Bertz CT molecular complexity index is 660. The number of rotatable bonds is 1. The van der Waals surface area contributed by atoms with Gasteiger partial charge < -0.3 is 14.7 Å². The van der Waals surface area contributed by atoms with Gasteiger partial charge in [-0.05, 0) is 13.8 Å². The molecule has 2 unspecified atom stereocenters. The lowest BCUT2D eigenvalue weighted by Crippen LogP contribution is -2.41. The summed E-state index contributed by atoms with van der Waals surface area (Å²) in [5, 5.41) is 12.5. The van der Waals surface area contributed by atoms with Crippen LogP contribution < -0.4 is 5.32 Å². The lowest BCUT2D eigenvalue weighted by Gasteiger charge is -2.26. The number of nitrogens with zero attached hydrogens (tertiary/aromatic N) is 1. The summed E-state index contributed by atoms with van der Waals surface area (Å²) < 4.78 is 5.72. The molecule has 2 atom stereocenters. The first-order valence-corrected chi connectivity index (χ1v) is 6.11. The number of aliphatic hydroxyl groups is 1. The minimum Gasteiger partial charge on any atom is -0.508 e. The molecule has 3 amide bonds. The number of nitrogens with one attached hydrogen (secondary N) is 1. The second kappa shape index (κ2) is 3.29. The zero-order valence-electron chi connectivity index (χ0n) is 11.5. The first kappa shape index (κ1) is 12.9. The van der Waals surface area contributed by atoms with E-state index in [2.05, 4.69) is 5.32 Å². The molecule has 0 aromatic carbocycles. The number of imide groups is 1. The van der Waals surface area contributed by atoms with Gasteiger partial charge in [-0.3, -0.25) is 19.7 Å². The molecule has 3 rings (SSSR count). The summed E-state index contributed by atoms with van der Waals surface area (Å²) in [4.78, 5) is 37.4. The lowest BCUT2D eigenvalue weighted by molar-refractivity contribution is -0.129. The molecule has 106 valence electrons. The monoisotopic (exact) mass is 278 g/mol. The van der Waals surface area contributed by atoms with Gasteiger partial charge in [0, 0.05) is 14.1 Å². The van der Waals surface area contributed by atoms with Gasteiger partial charge in [-0.1, -0.05) is 0 Å². The van der Waals surface area contributed by atoms with Crippen LogP contribution in [0.5, 0.6) is 0 Å². The molecule has 0 saturated carbocycles. The highest BCUT2D eigenvalue weighted by atomic mass is 16.6. The van der Waals surface area contributed by atoms with E-state index in [1.165, 1.54) is 32.8 Å². The van der Waals surface area contributed by atoms with Crippen LogP contribution in [0.25, 0.3) is 0 Å². The molecule has 7 heteroatoms. The summed E-state index contributed by atoms with van der Waals surface area (Å²) in [5.41, 5.74) is -2.62. The van der Waals surface area contributed by atoms with Crippen molar-refractivity contribution in [2.24, 2.45) is 0 Å². The Morgan fingerprint density at radius 2 is 1.65 bits per heavy atom. The summed E-state index contributed by atoms with van der Waals surface area (Å²) in [6.07, 6.45) is 0. The molecular weight excluding hydrogens is 264 g/mol. The van der Waals surface area contributed by atoms with Gasteiger partial charge in [-0.25, -0.2) is 0 Å². The number of fused-ring (bicyclic) bond motifs is 4. The number of carbonyl (C=O) groups is 3. The molecule has 2 N–H and O–H groups in total. The number of carbonyl (C=O) groups excluding carboxylic acids is 3. The molecule has 0 aromatic rings. The van der Waals surface area contributed by atoms with E-state index in [0.717, 1.165) is 0 Å². The van der Waals surface area contributed by atoms with Gasteiger partial charge in [0.2, 0.25) is 0 Å². The van der Waals surface area contributed by atoms with E-state index in [4.69, 9.17) is 4.74 Å². The topological polar surface area (TPSA) is 95.9 Å². The normalized spacial score (nSPS) is 34.8. The van der Waals surface area contributed by atoms with Gasteiger partial charge in [0.15, 0.2) is 5.60 Å². The van der Waals surface area contributed by atoms with Gasteiger partial charge in [-0.2, -0.15) is 0 Å². The van der Waals surface area contributed by atoms with Crippen LogP contribution in [0.15, 0.2) is 22.5 Å². The van der Waals surface area contributed by atoms with Crippen molar-refractivity contribution in [1.82, 2.24) is 10.2 Å². The van der Waals surface area contributed by atoms with Crippen LogP contribution in [-0.4, -0.2) is 53.0 Å². The first-order chi connectivity index (χ1) is 9.14. The fourth-order valence-corrected chi connectivity index (χ4v) is 3.21. The fourth-order valence-electron chi connectivity index (χ4n) is 3.21. The van der Waals surface area contributed by atoms with Gasteiger partial charge in [-0.15, -0.1) is 0 Å². The molecule has 0 fully saturated rings. The minimum absolute atomic E-state index is 0.00796. The molecule has 0 aliphatic carbocycles. The average molecular weight is 278 g/mol. The second-order valence-electron chi connectivity index (χ2n) is 5.62. The van der Waals surface area contributed by atoms with Crippen LogP contribution in [-0.2, 0) is 19.1 Å². The van der Waals surface area contributed by atoms with Gasteiger partial charge in [0.1, 0.15) is 11.4 Å². The Kier molecular flexibility index (Phi) is 2.12. The van der Waals surface area contributed by atoms with Crippen molar-refractivity contribution < 1.29 is 24.2 Å². The van der Waals surface area contributed by atoms with Crippen LogP contribution in [0.1, 0.15) is 13.8 Å². The Morgan fingerprint density at radius 1 is 1.15 bits per heavy atom. The molecule has 0 saturated heterocycles. The van der Waals surface area contributed by atoms with Crippen LogP contribution in [0.2, 0.25) is 0 Å². The maximum absolute atomic E-state index is 12.3. The number of amides is 3. The van der Waals surface area contributed by atoms with E-state index in [-0.39, 0.29) is 22.5 Å². The Balaban J connectivity index is 2.25. The van der Waals surface area contributed by atoms with Crippen molar-refractivity contribution in [3.8, 4) is 0 Å². The molecule has 3 aliphatic heterocycles. The molecular formula is C13H14N2O5. The quantitative estimate of drug-likeness (QED) is 0.624. The highest BCUT2D eigenvalue weighted by Crippen LogP contribution is 2.57. The van der Waals surface area contributed by atoms with Gasteiger partial charge in [0.25, 0.3) is 17.7 Å². The molecule has 7 nitrogen and oxygen atoms in total. The lowest BCUT2D eigenvalue weighted by atomic mass is 9.77. The van der Waals surface area contributed by atoms with Crippen molar-refractivity contribution in [3.05, 3.63) is 22.5 Å². The van der Waals surface area contributed by atoms with Gasteiger partial charge >= 0.3 is 0 Å². The minimum atomic E-state index is -1.44. The van der Waals surface area contributed by atoms with Crippen molar-refractivity contribution in [2.45, 2.75) is 25.0 Å². The fraction of sp³-hybridized carbons (Fsp3) is 0.462. The number of hydrogen-bond acceptors (Lipinski definition) is 5. The maximum atomic E-state index is 12.3. The summed E-state index contributed by atoms with van der Waals surface area (Å²) in [6, 6.07) is 0. The third kappa shape index (κ3) is 1.12. The first-order valence-electron chi connectivity index (χ1n) is 6.11. The molecule has 3 aliphatic rings. The highest BCUT2D eigenvalue weighted by molar-refractivity contribution is 6.24. The van der Waals surface area contributed by atoms with Crippen LogP contribution in [0.3, 0.4) is 0 Å². The molecule has 0 aromatic heterocycles. The average Bonchev–Trinajstić information content (AvgIpc) is 2.83. The van der Waals surface area contributed by atoms with E-state index in [9.17, 15) is 19.5 Å². The van der Waals surface area contributed by atoms with Crippen molar-refractivity contribution in [1.29, 1.82) is 0 Å². The number of aliphatic hydroxyl groups excluding tert-OH is 1. The van der Waals surface area contributed by atoms with E-state index in [1.54, 1.807) is 0 Å². The van der Waals surface area contributed by atoms with Crippen LogP contribution in [0.4, 0.5) is 0 Å². The molecule has 0 spiro atoms. The van der Waals surface area contributed by atoms with Gasteiger partial charge in [0.05, 0.1) is 16.7 Å². The highest BCUT2D eigenvalue weighted by Gasteiger charge is 2.68. The van der Waals surface area contributed by atoms with E-state index >= 15 is 0 Å². The standard InChI is InChI=1S/C13H14N2O5/c1-12-5-6(10(18)14-9(5)17)13(2,20-12)8(16)7(12)11(19)15(3)4/h16H,1-4H3,(H,14,17,18). The maximum Gasteiger partial charge on any atom is 0.258 e. The Labute approximate surface area is 114 Å². The van der Waals surface area contributed by atoms with Crippen molar-refractivity contribution >= 4 is 17.7 Å². The molecule has 2 bridgehead atoms. The van der Waals surface area contributed by atoms with Crippen LogP contribution >= 0.6 is 0 Å². The summed E-state index contributed by atoms with van der Waals surface area (Å²) >= 11 is 0. The third-order valence-electron chi connectivity index (χ3n) is 4.08. The summed E-state index contributed by atoms with van der Waals surface area (Å²) in [7, 11) is 3.07. The predicted octanol–water partition coefficient (Wildman–Crippen LogP) is -0.599. The zero-order valence-corrected chi connectivity index (χ0v) is 11.5. The van der Waals surface area contributed by atoms with E-state index in [0.29, 0.717) is 0 Å². The Hall–Kier alpha value is -2.15. The van der Waals surface area contributed by atoms with E-state index < -0.39 is 28.9 Å². The smallest absolute Gasteiger partial charge is 0.258 e. The number of ether oxygens (including phenoxy) is 1. The SMILES string of the molecule is CN(C)C(=O)C1=C(O)C2(C)OC1(C)C1=C2C(=O)NC1=O. The molecule has 3 heterocycles. The second-order valence-corrected chi connectivity index (χ2v) is 5.62. The third-order valence-corrected chi connectivity index (χ3v) is 4.08. The zero-order chi connectivity index (χ0) is 15.0. The Morgan fingerprint density at radius 3 is 2.15 bits per heavy atom. The van der Waals surface area contributed by atoms with E-state index in [1.807, 2.05) is 0 Å². The summed E-state index contributed by atoms with van der Waals surface area (Å²) in [6.45, 7) is 3.00. The number of hydrogen-bond donors (Lipinski definition) is 2. The van der Waals surface area contributed by atoms with Crippen molar-refractivity contribution in [3.63, 3.8) is 0 Å². The van der Waals surface area contributed by atoms with Crippen LogP contribution in [0, 0.1) is 0 Å². The molecule has 0 radical (unpaired) electrons. The number of likely N-dealkylation sites (N-methyl/N-ethyl adjacent to an activating group) is 1.